The van der Waals surface area contributed by atoms with Gasteiger partial charge in [0.1, 0.15) is 6.33 Å². The van der Waals surface area contributed by atoms with Crippen LogP contribution in [0, 0.1) is 0 Å². The average Bonchev–Trinajstić information content (AvgIpc) is 3.09. The van der Waals surface area contributed by atoms with Gasteiger partial charge < -0.3 is 5.32 Å². The van der Waals surface area contributed by atoms with Crippen molar-refractivity contribution in [3.63, 3.8) is 0 Å². The van der Waals surface area contributed by atoms with Crippen molar-refractivity contribution in [1.82, 2.24) is 20.2 Å². The van der Waals surface area contributed by atoms with Gasteiger partial charge in [-0.25, -0.2) is 0 Å². The number of para-hydroxylation sites is 2. The zero-order chi connectivity index (χ0) is 15.2. The fourth-order valence-corrected chi connectivity index (χ4v) is 2.17. The highest BCUT2D eigenvalue weighted by Gasteiger charge is 2.09. The van der Waals surface area contributed by atoms with Crippen LogP contribution in [0.3, 0.4) is 0 Å². The Labute approximate surface area is 127 Å². The van der Waals surface area contributed by atoms with Crippen molar-refractivity contribution in [2.45, 2.75) is 12.8 Å². The van der Waals surface area contributed by atoms with E-state index < -0.39 is 0 Å². The Morgan fingerprint density at radius 3 is 2.59 bits per heavy atom. The third kappa shape index (κ3) is 3.35. The predicted octanol–water partition coefficient (Wildman–Crippen LogP) is 2.23. The van der Waals surface area contributed by atoms with Gasteiger partial charge in [-0.1, -0.05) is 42.5 Å². The van der Waals surface area contributed by atoms with Crippen molar-refractivity contribution >= 4 is 11.6 Å². The summed E-state index contributed by atoms with van der Waals surface area (Å²) in [4.78, 5) is 12.1. The summed E-state index contributed by atoms with van der Waals surface area (Å²) in [6.07, 6.45) is 2.63. The zero-order valence-electron chi connectivity index (χ0n) is 11.9. The van der Waals surface area contributed by atoms with Crippen molar-refractivity contribution < 1.29 is 4.79 Å². The largest absolute Gasteiger partial charge is 0.324 e. The van der Waals surface area contributed by atoms with E-state index in [0.717, 1.165) is 11.3 Å². The quantitative estimate of drug-likeness (QED) is 0.783. The number of tetrazole rings is 1. The second kappa shape index (κ2) is 6.62. The van der Waals surface area contributed by atoms with Crippen LogP contribution in [-0.4, -0.2) is 26.1 Å². The van der Waals surface area contributed by atoms with Crippen LogP contribution in [0.5, 0.6) is 0 Å². The van der Waals surface area contributed by atoms with Crippen LogP contribution < -0.4 is 5.32 Å². The summed E-state index contributed by atoms with van der Waals surface area (Å²) in [7, 11) is 0. The van der Waals surface area contributed by atoms with E-state index in [2.05, 4.69) is 20.8 Å². The third-order valence-electron chi connectivity index (χ3n) is 3.26. The van der Waals surface area contributed by atoms with Crippen LogP contribution in [0.25, 0.3) is 5.69 Å². The molecule has 0 aliphatic carbocycles. The van der Waals surface area contributed by atoms with E-state index >= 15 is 0 Å². The number of carbonyl (C=O) groups is 1. The predicted molar refractivity (Wildman–Crippen MR) is 82.5 cm³/mol. The molecule has 0 bridgehead atoms. The molecule has 1 aromatic heterocycles. The van der Waals surface area contributed by atoms with Crippen molar-refractivity contribution in [3.05, 3.63) is 66.5 Å². The maximum atomic E-state index is 12.1. The number of aromatic nitrogens is 4. The Bertz CT molecular complexity index is 740. The summed E-state index contributed by atoms with van der Waals surface area (Å²) >= 11 is 0. The van der Waals surface area contributed by atoms with Gasteiger partial charge in [-0.3, -0.25) is 4.79 Å². The number of nitrogens with zero attached hydrogens (tertiary/aromatic N) is 4. The van der Waals surface area contributed by atoms with Crippen LogP contribution >= 0.6 is 0 Å². The van der Waals surface area contributed by atoms with Gasteiger partial charge in [0.2, 0.25) is 5.91 Å². The normalized spacial score (nSPS) is 10.4. The van der Waals surface area contributed by atoms with Crippen molar-refractivity contribution in [2.24, 2.45) is 0 Å². The van der Waals surface area contributed by atoms with Crippen LogP contribution in [0.2, 0.25) is 0 Å². The van der Waals surface area contributed by atoms with Gasteiger partial charge in [-0.2, -0.15) is 4.68 Å². The monoisotopic (exact) mass is 293 g/mol. The molecule has 0 spiro atoms. The Hall–Kier alpha value is -3.02. The second-order valence-electron chi connectivity index (χ2n) is 4.81. The smallest absolute Gasteiger partial charge is 0.224 e. The number of anilines is 1. The lowest BCUT2D eigenvalue weighted by atomic mass is 10.1. The SMILES string of the molecule is O=C(CCc1ccccc1)Nc1ccccc1-n1cnnn1. The van der Waals surface area contributed by atoms with Crippen LogP contribution in [0.15, 0.2) is 60.9 Å². The lowest BCUT2D eigenvalue weighted by Gasteiger charge is -2.10. The molecule has 0 fully saturated rings. The van der Waals surface area contributed by atoms with E-state index in [-0.39, 0.29) is 5.91 Å². The lowest BCUT2D eigenvalue weighted by Crippen LogP contribution is -2.14. The van der Waals surface area contributed by atoms with E-state index in [1.165, 1.54) is 11.0 Å². The minimum atomic E-state index is -0.0376. The first-order valence-electron chi connectivity index (χ1n) is 6.99. The molecule has 3 rings (SSSR count). The minimum Gasteiger partial charge on any atom is -0.324 e. The number of aryl methyl sites for hydroxylation is 1. The van der Waals surface area contributed by atoms with Crippen molar-refractivity contribution in [1.29, 1.82) is 0 Å². The number of amides is 1. The highest BCUT2D eigenvalue weighted by Crippen LogP contribution is 2.18. The minimum absolute atomic E-state index is 0.0376. The standard InChI is InChI=1S/C16H15N5O/c22-16(11-10-13-6-2-1-3-7-13)18-14-8-4-5-9-15(14)21-12-17-19-20-21/h1-9,12H,10-11H2,(H,18,22). The summed E-state index contributed by atoms with van der Waals surface area (Å²) in [5, 5.41) is 14.0. The van der Waals surface area contributed by atoms with E-state index in [0.29, 0.717) is 18.5 Å². The fourth-order valence-electron chi connectivity index (χ4n) is 2.17. The summed E-state index contributed by atoms with van der Waals surface area (Å²) in [6.45, 7) is 0. The Kier molecular flexibility index (Phi) is 4.20. The molecule has 0 saturated carbocycles. The number of nitrogens with one attached hydrogen (secondary N) is 1. The molecule has 0 aliphatic rings. The van der Waals surface area contributed by atoms with Gasteiger partial charge in [0.15, 0.2) is 0 Å². The molecule has 0 atom stereocenters. The Morgan fingerprint density at radius 2 is 1.82 bits per heavy atom. The van der Waals surface area contributed by atoms with E-state index in [1.807, 2.05) is 54.6 Å². The number of rotatable bonds is 5. The molecule has 0 unspecified atom stereocenters. The van der Waals surface area contributed by atoms with E-state index in [9.17, 15) is 4.79 Å². The molecule has 110 valence electrons. The van der Waals surface area contributed by atoms with Crippen LogP contribution in [0.4, 0.5) is 5.69 Å². The Balaban J connectivity index is 1.67. The molecule has 6 nitrogen and oxygen atoms in total. The fraction of sp³-hybridized carbons (Fsp3) is 0.125. The molecular formula is C16H15N5O. The summed E-state index contributed by atoms with van der Waals surface area (Å²) < 4.78 is 1.52. The lowest BCUT2D eigenvalue weighted by molar-refractivity contribution is -0.116. The number of hydrogen-bond donors (Lipinski definition) is 1. The topological polar surface area (TPSA) is 72.7 Å². The third-order valence-corrected chi connectivity index (χ3v) is 3.26. The molecule has 0 radical (unpaired) electrons. The van der Waals surface area contributed by atoms with Gasteiger partial charge in [0, 0.05) is 6.42 Å². The number of hydrogen-bond acceptors (Lipinski definition) is 4. The molecule has 1 N–H and O–H groups in total. The van der Waals surface area contributed by atoms with Crippen LogP contribution in [0.1, 0.15) is 12.0 Å². The molecule has 1 heterocycles. The summed E-state index contributed by atoms with van der Waals surface area (Å²) in [5.41, 5.74) is 2.57. The highest BCUT2D eigenvalue weighted by molar-refractivity contribution is 5.92. The van der Waals surface area contributed by atoms with Gasteiger partial charge in [0.25, 0.3) is 0 Å². The first kappa shape index (κ1) is 13.9. The molecule has 2 aromatic carbocycles. The van der Waals surface area contributed by atoms with Gasteiger partial charge in [-0.15, -0.1) is 5.10 Å². The molecule has 22 heavy (non-hydrogen) atoms. The number of carbonyl (C=O) groups excluding carboxylic acids is 1. The first-order chi connectivity index (χ1) is 10.8. The van der Waals surface area contributed by atoms with Crippen LogP contribution in [-0.2, 0) is 11.2 Å². The second-order valence-corrected chi connectivity index (χ2v) is 4.81. The van der Waals surface area contributed by atoms with Crippen molar-refractivity contribution in [2.75, 3.05) is 5.32 Å². The summed E-state index contributed by atoms with van der Waals surface area (Å²) in [6, 6.07) is 17.4. The van der Waals surface area contributed by atoms with E-state index in [4.69, 9.17) is 0 Å². The molecule has 6 heteroatoms. The molecular weight excluding hydrogens is 278 g/mol. The number of benzene rings is 2. The van der Waals surface area contributed by atoms with Gasteiger partial charge >= 0.3 is 0 Å². The maximum absolute atomic E-state index is 12.1. The average molecular weight is 293 g/mol. The Morgan fingerprint density at radius 1 is 1.05 bits per heavy atom. The molecule has 3 aromatic rings. The van der Waals surface area contributed by atoms with Gasteiger partial charge in [-0.05, 0) is 34.5 Å². The molecule has 0 saturated heterocycles. The highest BCUT2D eigenvalue weighted by atomic mass is 16.1. The van der Waals surface area contributed by atoms with E-state index in [1.54, 1.807) is 0 Å². The molecule has 1 amide bonds. The first-order valence-corrected chi connectivity index (χ1v) is 6.99. The molecule has 0 aliphatic heterocycles. The maximum Gasteiger partial charge on any atom is 0.224 e. The van der Waals surface area contributed by atoms with Crippen molar-refractivity contribution in [3.8, 4) is 5.69 Å². The van der Waals surface area contributed by atoms with Gasteiger partial charge in [0.05, 0.1) is 11.4 Å². The zero-order valence-corrected chi connectivity index (χ0v) is 11.9. The summed E-state index contributed by atoms with van der Waals surface area (Å²) in [5.74, 6) is -0.0376.